The number of alkyl halides is 1. The molecule has 2 aromatic rings. The van der Waals surface area contributed by atoms with Crippen LogP contribution in [0.4, 0.5) is 8.78 Å². The third-order valence-corrected chi connectivity index (χ3v) is 8.30. The molecule has 0 bridgehead atoms. The Balaban J connectivity index is 1.73. The number of hydrogen-bond donors (Lipinski definition) is 1. The fourth-order valence-corrected chi connectivity index (χ4v) is 5.97. The van der Waals surface area contributed by atoms with Crippen LogP contribution >= 0.6 is 0 Å². The van der Waals surface area contributed by atoms with E-state index >= 15 is 0 Å². The van der Waals surface area contributed by atoms with Gasteiger partial charge in [-0.05, 0) is 48.8 Å². The van der Waals surface area contributed by atoms with Crippen LogP contribution in [0.5, 0.6) is 5.75 Å². The van der Waals surface area contributed by atoms with Gasteiger partial charge < -0.3 is 10.1 Å². The summed E-state index contributed by atoms with van der Waals surface area (Å²) in [6.45, 7) is 1.75. The summed E-state index contributed by atoms with van der Waals surface area (Å²) in [6.07, 6.45) is 2.36. The van der Waals surface area contributed by atoms with E-state index in [1.54, 1.807) is 4.31 Å². The summed E-state index contributed by atoms with van der Waals surface area (Å²) in [5, 5.41) is 2.73. The maximum absolute atomic E-state index is 14.2. The second-order valence-electron chi connectivity index (χ2n) is 8.23. The first-order chi connectivity index (χ1) is 15.8. The molecular formula is C24H30F2N2O4S. The van der Waals surface area contributed by atoms with Crippen molar-refractivity contribution < 1.29 is 26.7 Å². The molecular weight excluding hydrogens is 450 g/mol. The van der Waals surface area contributed by atoms with Gasteiger partial charge in [-0.15, -0.1) is 0 Å². The molecule has 1 saturated heterocycles. The van der Waals surface area contributed by atoms with Gasteiger partial charge in [-0.1, -0.05) is 43.3 Å². The van der Waals surface area contributed by atoms with E-state index < -0.39 is 28.6 Å². The third-order valence-electron chi connectivity index (χ3n) is 6.22. The predicted octanol–water partition coefficient (Wildman–Crippen LogP) is 4.03. The minimum absolute atomic E-state index is 0.132. The van der Waals surface area contributed by atoms with Crippen LogP contribution in [0.3, 0.4) is 0 Å². The van der Waals surface area contributed by atoms with E-state index in [0.717, 1.165) is 11.6 Å². The van der Waals surface area contributed by atoms with Crippen LogP contribution in [0.15, 0.2) is 48.5 Å². The number of sulfonamides is 1. The number of piperidine rings is 1. The van der Waals surface area contributed by atoms with Crippen molar-refractivity contribution in [1.82, 2.24) is 9.62 Å². The lowest BCUT2D eigenvalue weighted by Crippen LogP contribution is -2.47. The molecule has 1 fully saturated rings. The number of benzene rings is 2. The van der Waals surface area contributed by atoms with Gasteiger partial charge in [-0.25, -0.2) is 21.5 Å². The molecule has 33 heavy (non-hydrogen) atoms. The van der Waals surface area contributed by atoms with Crippen LogP contribution in [0.2, 0.25) is 0 Å². The summed E-state index contributed by atoms with van der Waals surface area (Å²) in [6, 6.07) is 13.6. The highest BCUT2D eigenvalue weighted by Crippen LogP contribution is 2.39. The number of rotatable bonds is 10. The zero-order valence-electron chi connectivity index (χ0n) is 18.7. The Kier molecular flexibility index (Phi) is 8.42. The van der Waals surface area contributed by atoms with Gasteiger partial charge in [0.2, 0.25) is 16.9 Å². The molecule has 180 valence electrons. The Morgan fingerprint density at radius 3 is 2.45 bits per heavy atom. The number of halogens is 2. The molecule has 1 N–H and O–H groups in total. The van der Waals surface area contributed by atoms with Gasteiger partial charge in [-0.2, -0.15) is 0 Å². The average molecular weight is 481 g/mol. The third kappa shape index (κ3) is 5.89. The van der Waals surface area contributed by atoms with Crippen molar-refractivity contribution in [2.75, 3.05) is 32.2 Å². The SMILES string of the molecule is CCCS(=O)(=O)N1CCC(CCNC(=O)c2c(F)cccc2OCF)(c2ccccc2)CC1. The highest BCUT2D eigenvalue weighted by Gasteiger charge is 2.38. The van der Waals surface area contributed by atoms with Crippen LogP contribution in [-0.2, 0) is 15.4 Å². The highest BCUT2D eigenvalue weighted by molar-refractivity contribution is 7.89. The Morgan fingerprint density at radius 2 is 1.82 bits per heavy atom. The molecule has 9 heteroatoms. The van der Waals surface area contributed by atoms with Gasteiger partial charge in [0.1, 0.15) is 17.1 Å². The molecule has 1 aliphatic rings. The van der Waals surface area contributed by atoms with E-state index in [1.807, 2.05) is 37.3 Å². The van der Waals surface area contributed by atoms with Gasteiger partial charge in [0.25, 0.3) is 5.91 Å². The van der Waals surface area contributed by atoms with Crippen molar-refractivity contribution in [3.8, 4) is 5.75 Å². The monoisotopic (exact) mass is 480 g/mol. The van der Waals surface area contributed by atoms with Gasteiger partial charge in [0.15, 0.2) is 0 Å². The van der Waals surface area contributed by atoms with Gasteiger partial charge in [0.05, 0.1) is 5.75 Å². The number of amides is 1. The normalized spacial score (nSPS) is 16.3. The molecule has 0 saturated carbocycles. The van der Waals surface area contributed by atoms with Crippen molar-refractivity contribution in [1.29, 1.82) is 0 Å². The summed E-state index contributed by atoms with van der Waals surface area (Å²) >= 11 is 0. The van der Waals surface area contributed by atoms with Crippen LogP contribution in [0, 0.1) is 5.82 Å². The minimum Gasteiger partial charge on any atom is -0.462 e. The summed E-state index contributed by atoms with van der Waals surface area (Å²) in [5.41, 5.74) is 0.434. The lowest BCUT2D eigenvalue weighted by atomic mass is 9.71. The topological polar surface area (TPSA) is 75.7 Å². The lowest BCUT2D eigenvalue weighted by molar-refractivity contribution is 0.0935. The Hall–Kier alpha value is -2.52. The zero-order valence-corrected chi connectivity index (χ0v) is 19.5. The molecule has 0 aliphatic carbocycles. The fourth-order valence-electron chi connectivity index (χ4n) is 4.46. The second-order valence-corrected chi connectivity index (χ2v) is 10.3. The first-order valence-corrected chi connectivity index (χ1v) is 12.7. The molecule has 1 heterocycles. The maximum Gasteiger partial charge on any atom is 0.258 e. The number of ether oxygens (including phenoxy) is 1. The average Bonchev–Trinajstić information content (AvgIpc) is 2.80. The van der Waals surface area contributed by atoms with Crippen LogP contribution in [-0.4, -0.2) is 50.9 Å². The van der Waals surface area contributed by atoms with Gasteiger partial charge in [-0.3, -0.25) is 4.79 Å². The van der Waals surface area contributed by atoms with E-state index in [0.29, 0.717) is 38.8 Å². The number of carbonyl (C=O) groups is 1. The van der Waals surface area contributed by atoms with Gasteiger partial charge >= 0.3 is 0 Å². The number of nitrogens with one attached hydrogen (secondary N) is 1. The molecule has 1 amide bonds. The van der Waals surface area contributed by atoms with Crippen molar-refractivity contribution >= 4 is 15.9 Å². The Morgan fingerprint density at radius 1 is 1.12 bits per heavy atom. The largest absolute Gasteiger partial charge is 0.462 e. The number of nitrogens with zero attached hydrogens (tertiary/aromatic N) is 1. The van der Waals surface area contributed by atoms with Crippen molar-refractivity contribution in [2.24, 2.45) is 0 Å². The smallest absolute Gasteiger partial charge is 0.258 e. The molecule has 0 unspecified atom stereocenters. The summed E-state index contributed by atoms with van der Waals surface area (Å²) in [4.78, 5) is 12.7. The highest BCUT2D eigenvalue weighted by atomic mass is 32.2. The zero-order chi connectivity index (χ0) is 23.9. The van der Waals surface area contributed by atoms with Crippen LogP contribution in [0.25, 0.3) is 0 Å². The molecule has 2 aromatic carbocycles. The van der Waals surface area contributed by atoms with E-state index in [-0.39, 0.29) is 29.0 Å². The number of carbonyl (C=O) groups excluding carboxylic acids is 1. The molecule has 1 aliphatic heterocycles. The van der Waals surface area contributed by atoms with Crippen LogP contribution in [0.1, 0.15) is 48.5 Å². The Labute approximate surface area is 194 Å². The summed E-state index contributed by atoms with van der Waals surface area (Å²) < 4.78 is 58.2. The summed E-state index contributed by atoms with van der Waals surface area (Å²) in [5.74, 6) is -1.48. The first kappa shape index (κ1) is 25.1. The number of hydrogen-bond acceptors (Lipinski definition) is 4. The van der Waals surface area contributed by atoms with Crippen molar-refractivity contribution in [3.63, 3.8) is 0 Å². The molecule has 6 nitrogen and oxygen atoms in total. The lowest BCUT2D eigenvalue weighted by Gasteiger charge is -2.42. The van der Waals surface area contributed by atoms with E-state index in [1.165, 1.54) is 12.1 Å². The molecule has 3 rings (SSSR count). The second kappa shape index (κ2) is 11.1. The first-order valence-electron chi connectivity index (χ1n) is 11.1. The van der Waals surface area contributed by atoms with Crippen molar-refractivity contribution in [3.05, 3.63) is 65.5 Å². The standard InChI is InChI=1S/C24H30F2N2O4S/c1-2-17-33(30,31)28-15-12-24(13-16-28,19-7-4-3-5-8-19)11-14-27-23(29)22-20(26)9-6-10-21(22)32-18-25/h3-10H,2,11-18H2,1H3,(H,27,29). The summed E-state index contributed by atoms with van der Waals surface area (Å²) in [7, 11) is -3.27. The molecule has 0 atom stereocenters. The fraction of sp³-hybridized carbons (Fsp3) is 0.458. The molecule has 0 aromatic heterocycles. The van der Waals surface area contributed by atoms with Crippen molar-refractivity contribution in [2.45, 2.75) is 38.0 Å². The predicted molar refractivity (Wildman–Crippen MR) is 123 cm³/mol. The van der Waals surface area contributed by atoms with E-state index in [2.05, 4.69) is 5.32 Å². The Bertz CT molecular complexity index is 1040. The maximum atomic E-state index is 14.2. The van der Waals surface area contributed by atoms with E-state index in [9.17, 15) is 22.0 Å². The quantitative estimate of drug-likeness (QED) is 0.557. The van der Waals surface area contributed by atoms with Gasteiger partial charge in [0, 0.05) is 19.6 Å². The van der Waals surface area contributed by atoms with Crippen LogP contribution < -0.4 is 10.1 Å². The van der Waals surface area contributed by atoms with E-state index in [4.69, 9.17) is 4.74 Å². The molecule has 0 radical (unpaired) electrons. The molecule has 0 spiro atoms. The minimum atomic E-state index is -3.27.